The second-order valence-electron chi connectivity index (χ2n) is 6.82. The van der Waals surface area contributed by atoms with Gasteiger partial charge in [-0.15, -0.1) is 0 Å². The number of hydrogen-bond donors (Lipinski definition) is 1. The summed E-state index contributed by atoms with van der Waals surface area (Å²) in [6.45, 7) is 2.21. The van der Waals surface area contributed by atoms with E-state index in [4.69, 9.17) is 0 Å². The number of rotatable bonds is 4. The minimum absolute atomic E-state index is 0.0358. The standard InChI is InChI=1S/C16H25N3O3/c20-12-18-8-10-19(11-9-18)15(22)16(6-7-16)14(21)17-13-4-2-1-3-5-13/h12-13H,1-11H2,(H,17,21). The van der Waals surface area contributed by atoms with Crippen molar-refractivity contribution in [2.24, 2.45) is 5.41 Å². The number of piperazine rings is 1. The lowest BCUT2D eigenvalue weighted by Crippen LogP contribution is -2.53. The van der Waals surface area contributed by atoms with Gasteiger partial charge in [-0.1, -0.05) is 19.3 Å². The molecule has 1 saturated heterocycles. The van der Waals surface area contributed by atoms with Gasteiger partial charge in [0.15, 0.2) is 0 Å². The Bertz CT molecular complexity index is 448. The van der Waals surface area contributed by atoms with Crippen LogP contribution in [0.5, 0.6) is 0 Å². The first kappa shape index (κ1) is 15.3. The molecule has 6 heteroatoms. The SMILES string of the molecule is O=CN1CCN(C(=O)C2(C(=O)NC3CCCCC3)CC2)CC1. The third-order valence-electron chi connectivity index (χ3n) is 5.28. The number of carbonyl (C=O) groups is 3. The lowest BCUT2D eigenvalue weighted by Gasteiger charge is -2.35. The van der Waals surface area contributed by atoms with Crippen molar-refractivity contribution in [1.29, 1.82) is 0 Å². The molecule has 3 aliphatic rings. The molecule has 0 bridgehead atoms. The third-order valence-corrected chi connectivity index (χ3v) is 5.28. The van der Waals surface area contributed by atoms with E-state index in [1.807, 2.05) is 0 Å². The van der Waals surface area contributed by atoms with E-state index in [0.717, 1.165) is 19.3 Å². The van der Waals surface area contributed by atoms with E-state index in [0.29, 0.717) is 39.0 Å². The van der Waals surface area contributed by atoms with Gasteiger partial charge in [0, 0.05) is 32.2 Å². The lowest BCUT2D eigenvalue weighted by atomic mass is 9.94. The number of hydrogen-bond acceptors (Lipinski definition) is 3. The minimum atomic E-state index is -0.805. The van der Waals surface area contributed by atoms with Crippen LogP contribution in [0.15, 0.2) is 0 Å². The molecule has 3 fully saturated rings. The largest absolute Gasteiger partial charge is 0.352 e. The van der Waals surface area contributed by atoms with Gasteiger partial charge in [0.2, 0.25) is 18.2 Å². The maximum absolute atomic E-state index is 12.7. The highest BCUT2D eigenvalue weighted by Crippen LogP contribution is 2.48. The number of nitrogens with zero attached hydrogens (tertiary/aromatic N) is 2. The zero-order valence-electron chi connectivity index (χ0n) is 13.1. The van der Waals surface area contributed by atoms with E-state index in [1.165, 1.54) is 19.3 Å². The van der Waals surface area contributed by atoms with Crippen molar-refractivity contribution >= 4 is 18.2 Å². The summed E-state index contributed by atoms with van der Waals surface area (Å²) in [4.78, 5) is 39.5. The third kappa shape index (κ3) is 2.96. The molecule has 0 radical (unpaired) electrons. The van der Waals surface area contributed by atoms with E-state index in [1.54, 1.807) is 9.80 Å². The van der Waals surface area contributed by atoms with Gasteiger partial charge in [0.25, 0.3) is 0 Å². The van der Waals surface area contributed by atoms with E-state index in [-0.39, 0.29) is 17.9 Å². The highest BCUT2D eigenvalue weighted by Gasteiger charge is 2.58. The van der Waals surface area contributed by atoms with Crippen molar-refractivity contribution in [3.8, 4) is 0 Å². The Morgan fingerprint density at radius 3 is 2.18 bits per heavy atom. The van der Waals surface area contributed by atoms with Crippen LogP contribution in [0.1, 0.15) is 44.9 Å². The fourth-order valence-electron chi connectivity index (χ4n) is 3.57. The minimum Gasteiger partial charge on any atom is -0.352 e. The summed E-state index contributed by atoms with van der Waals surface area (Å²) in [7, 11) is 0. The van der Waals surface area contributed by atoms with Gasteiger partial charge in [0.1, 0.15) is 5.41 Å². The number of carbonyl (C=O) groups excluding carboxylic acids is 3. The molecule has 1 heterocycles. The van der Waals surface area contributed by atoms with Crippen molar-refractivity contribution in [2.75, 3.05) is 26.2 Å². The van der Waals surface area contributed by atoms with E-state index in [2.05, 4.69) is 5.32 Å². The Balaban J connectivity index is 1.56. The van der Waals surface area contributed by atoms with Crippen LogP contribution in [0.25, 0.3) is 0 Å². The molecule has 1 N–H and O–H groups in total. The Kier molecular flexibility index (Phi) is 4.36. The second-order valence-corrected chi connectivity index (χ2v) is 6.82. The van der Waals surface area contributed by atoms with Gasteiger partial charge in [-0.05, 0) is 25.7 Å². The number of amides is 3. The predicted octanol–water partition coefficient (Wildman–Crippen LogP) is 0.516. The van der Waals surface area contributed by atoms with Crippen LogP contribution >= 0.6 is 0 Å². The normalized spacial score (nSPS) is 24.7. The van der Waals surface area contributed by atoms with Crippen LogP contribution < -0.4 is 5.32 Å². The molecular formula is C16H25N3O3. The molecular weight excluding hydrogens is 282 g/mol. The quantitative estimate of drug-likeness (QED) is 0.608. The van der Waals surface area contributed by atoms with Crippen molar-refractivity contribution in [3.05, 3.63) is 0 Å². The molecule has 0 aromatic heterocycles. The second kappa shape index (κ2) is 6.26. The molecule has 0 spiro atoms. The summed E-state index contributed by atoms with van der Waals surface area (Å²) in [6, 6.07) is 0.249. The Hall–Kier alpha value is -1.59. The van der Waals surface area contributed by atoms with Gasteiger partial charge in [-0.3, -0.25) is 14.4 Å². The van der Waals surface area contributed by atoms with E-state index < -0.39 is 5.41 Å². The van der Waals surface area contributed by atoms with Crippen molar-refractivity contribution < 1.29 is 14.4 Å². The van der Waals surface area contributed by atoms with Gasteiger partial charge in [-0.25, -0.2) is 0 Å². The molecule has 0 aromatic rings. The molecule has 3 amide bonds. The van der Waals surface area contributed by atoms with Crippen LogP contribution in [0, 0.1) is 5.41 Å². The molecule has 3 rings (SSSR count). The summed E-state index contributed by atoms with van der Waals surface area (Å²) in [6.07, 6.45) is 7.81. The summed E-state index contributed by atoms with van der Waals surface area (Å²) >= 11 is 0. The molecule has 0 unspecified atom stereocenters. The van der Waals surface area contributed by atoms with Crippen molar-refractivity contribution in [3.63, 3.8) is 0 Å². The maximum atomic E-state index is 12.7. The first-order chi connectivity index (χ1) is 10.7. The molecule has 0 atom stereocenters. The fraction of sp³-hybridized carbons (Fsp3) is 0.812. The summed E-state index contributed by atoms with van der Waals surface area (Å²) < 4.78 is 0. The molecule has 1 aliphatic heterocycles. The van der Waals surface area contributed by atoms with Gasteiger partial charge >= 0.3 is 0 Å². The first-order valence-electron chi connectivity index (χ1n) is 8.45. The summed E-state index contributed by atoms with van der Waals surface area (Å²) in [5.74, 6) is -0.103. The van der Waals surface area contributed by atoms with Crippen LogP contribution in [-0.4, -0.2) is 60.2 Å². The highest BCUT2D eigenvalue weighted by molar-refractivity contribution is 6.08. The van der Waals surface area contributed by atoms with Gasteiger partial charge in [0.05, 0.1) is 0 Å². The Morgan fingerprint density at radius 1 is 1.00 bits per heavy atom. The van der Waals surface area contributed by atoms with E-state index >= 15 is 0 Å². The number of nitrogens with one attached hydrogen (secondary N) is 1. The molecule has 0 aromatic carbocycles. The zero-order valence-corrected chi connectivity index (χ0v) is 13.1. The first-order valence-corrected chi connectivity index (χ1v) is 8.45. The Labute approximate surface area is 131 Å². The summed E-state index contributed by atoms with van der Waals surface area (Å²) in [5, 5.41) is 3.11. The molecule has 22 heavy (non-hydrogen) atoms. The topological polar surface area (TPSA) is 69.7 Å². The van der Waals surface area contributed by atoms with Gasteiger partial charge in [-0.2, -0.15) is 0 Å². The maximum Gasteiger partial charge on any atom is 0.238 e. The molecule has 122 valence electrons. The lowest BCUT2D eigenvalue weighted by molar-refractivity contribution is -0.146. The predicted molar refractivity (Wildman–Crippen MR) is 80.9 cm³/mol. The highest BCUT2D eigenvalue weighted by atomic mass is 16.2. The average Bonchev–Trinajstić information content (AvgIpc) is 3.37. The van der Waals surface area contributed by atoms with Crippen LogP contribution in [-0.2, 0) is 14.4 Å². The van der Waals surface area contributed by atoms with Crippen LogP contribution in [0.3, 0.4) is 0 Å². The van der Waals surface area contributed by atoms with Gasteiger partial charge < -0.3 is 15.1 Å². The average molecular weight is 307 g/mol. The molecule has 2 saturated carbocycles. The fourth-order valence-corrected chi connectivity index (χ4v) is 3.57. The van der Waals surface area contributed by atoms with Crippen LogP contribution in [0.4, 0.5) is 0 Å². The zero-order chi connectivity index (χ0) is 15.6. The summed E-state index contributed by atoms with van der Waals surface area (Å²) in [5.41, 5.74) is -0.805. The molecule has 6 nitrogen and oxygen atoms in total. The smallest absolute Gasteiger partial charge is 0.238 e. The molecule has 2 aliphatic carbocycles. The Morgan fingerprint density at radius 2 is 1.64 bits per heavy atom. The van der Waals surface area contributed by atoms with E-state index in [9.17, 15) is 14.4 Å². The van der Waals surface area contributed by atoms with Crippen molar-refractivity contribution in [2.45, 2.75) is 51.0 Å². The monoisotopic (exact) mass is 307 g/mol. The van der Waals surface area contributed by atoms with Crippen LogP contribution in [0.2, 0.25) is 0 Å². The van der Waals surface area contributed by atoms with Crippen molar-refractivity contribution in [1.82, 2.24) is 15.1 Å².